The van der Waals surface area contributed by atoms with E-state index in [0.717, 1.165) is 12.1 Å². The van der Waals surface area contributed by atoms with Crippen molar-refractivity contribution < 1.29 is 14.3 Å². The number of benzene rings is 1. The molecule has 1 fully saturated rings. The summed E-state index contributed by atoms with van der Waals surface area (Å²) < 4.78 is 11.2. The average Bonchev–Trinajstić information content (AvgIpc) is 3.02. The van der Waals surface area contributed by atoms with Crippen LogP contribution in [-0.2, 0) is 0 Å². The van der Waals surface area contributed by atoms with Gasteiger partial charge in [-0.1, -0.05) is 17.7 Å². The van der Waals surface area contributed by atoms with Crippen LogP contribution in [0.25, 0.3) is 0 Å². The molecule has 5 nitrogen and oxygen atoms in total. The van der Waals surface area contributed by atoms with Crippen LogP contribution in [0.4, 0.5) is 0 Å². The number of likely N-dealkylation sites (tertiary alicyclic amines) is 1. The minimum Gasteiger partial charge on any atom is -0.496 e. The molecule has 24 heavy (non-hydrogen) atoms. The summed E-state index contributed by atoms with van der Waals surface area (Å²) in [6.07, 6.45) is 0.706. The minimum atomic E-state index is -0.0994. The molecular weight excluding hydrogens is 328 g/mol. The van der Waals surface area contributed by atoms with Crippen LogP contribution in [0.5, 0.6) is 11.6 Å². The Morgan fingerprint density at radius 3 is 2.92 bits per heavy atom. The first-order valence-electron chi connectivity index (χ1n) is 7.80. The highest BCUT2D eigenvalue weighted by molar-refractivity contribution is 6.31. The Bertz CT molecular complexity index is 751. The molecule has 1 saturated heterocycles. The van der Waals surface area contributed by atoms with Gasteiger partial charge in [0.05, 0.1) is 19.2 Å². The fraction of sp³-hybridized carbons (Fsp3) is 0.333. The van der Waals surface area contributed by atoms with E-state index in [0.29, 0.717) is 35.3 Å². The van der Waals surface area contributed by atoms with Crippen LogP contribution in [0.1, 0.15) is 22.5 Å². The zero-order chi connectivity index (χ0) is 17.1. The van der Waals surface area contributed by atoms with Crippen molar-refractivity contribution in [3.8, 4) is 11.6 Å². The SMILES string of the molecule is COc1ccc(Cl)cc1C(=O)N1CCC(Oc2cccc(C)n2)C1. The molecule has 0 saturated carbocycles. The summed E-state index contributed by atoms with van der Waals surface area (Å²) in [6.45, 7) is 3.07. The Morgan fingerprint density at radius 1 is 1.33 bits per heavy atom. The third-order valence-corrected chi connectivity index (χ3v) is 4.21. The maximum atomic E-state index is 12.7. The molecule has 0 spiro atoms. The Kier molecular flexibility index (Phi) is 4.90. The molecule has 2 aromatic rings. The molecular formula is C18H19ClN2O3. The molecule has 1 aliphatic heterocycles. The molecule has 1 aromatic heterocycles. The van der Waals surface area contributed by atoms with E-state index in [1.54, 1.807) is 30.2 Å². The number of ether oxygens (including phenoxy) is 2. The summed E-state index contributed by atoms with van der Waals surface area (Å²) in [5, 5.41) is 0.509. The van der Waals surface area contributed by atoms with Gasteiger partial charge >= 0.3 is 0 Å². The first-order chi connectivity index (χ1) is 11.6. The standard InChI is InChI=1S/C18H19ClN2O3/c1-12-4-3-5-17(20-12)24-14-8-9-21(11-14)18(22)15-10-13(19)6-7-16(15)23-2/h3-7,10,14H,8-9,11H2,1-2H3. The summed E-state index contributed by atoms with van der Waals surface area (Å²) in [5.41, 5.74) is 1.38. The minimum absolute atomic E-state index is 0.0616. The predicted molar refractivity (Wildman–Crippen MR) is 91.9 cm³/mol. The lowest BCUT2D eigenvalue weighted by molar-refractivity contribution is 0.0768. The van der Waals surface area contributed by atoms with Crippen LogP contribution in [0.2, 0.25) is 5.02 Å². The van der Waals surface area contributed by atoms with Crippen molar-refractivity contribution in [1.29, 1.82) is 0 Å². The van der Waals surface area contributed by atoms with Crippen LogP contribution in [0.3, 0.4) is 0 Å². The van der Waals surface area contributed by atoms with Gasteiger partial charge in [-0.3, -0.25) is 4.79 Å². The van der Waals surface area contributed by atoms with Gasteiger partial charge < -0.3 is 14.4 Å². The van der Waals surface area contributed by atoms with Gasteiger partial charge in [-0.25, -0.2) is 4.98 Å². The van der Waals surface area contributed by atoms with Gasteiger partial charge in [0.1, 0.15) is 11.9 Å². The number of carbonyl (C=O) groups is 1. The summed E-state index contributed by atoms with van der Waals surface area (Å²) in [6, 6.07) is 10.7. The molecule has 3 rings (SSSR count). The number of amides is 1. The second-order valence-electron chi connectivity index (χ2n) is 5.74. The Balaban J connectivity index is 1.69. The molecule has 0 aliphatic carbocycles. The van der Waals surface area contributed by atoms with E-state index >= 15 is 0 Å². The lowest BCUT2D eigenvalue weighted by atomic mass is 10.1. The number of nitrogens with zero attached hydrogens (tertiary/aromatic N) is 2. The third kappa shape index (κ3) is 3.62. The van der Waals surface area contributed by atoms with Crippen molar-refractivity contribution >= 4 is 17.5 Å². The summed E-state index contributed by atoms with van der Waals surface area (Å²) in [7, 11) is 1.54. The summed E-state index contributed by atoms with van der Waals surface area (Å²) in [5.74, 6) is 1.02. The number of aryl methyl sites for hydroxylation is 1. The van der Waals surface area contributed by atoms with E-state index in [1.165, 1.54) is 0 Å². The van der Waals surface area contributed by atoms with Gasteiger partial charge in [-0.15, -0.1) is 0 Å². The van der Waals surface area contributed by atoms with Gasteiger partial charge in [0.25, 0.3) is 5.91 Å². The largest absolute Gasteiger partial charge is 0.496 e. The molecule has 6 heteroatoms. The van der Waals surface area contributed by atoms with Crippen LogP contribution >= 0.6 is 11.6 Å². The second-order valence-corrected chi connectivity index (χ2v) is 6.18. The molecule has 1 aliphatic rings. The number of carbonyl (C=O) groups excluding carboxylic acids is 1. The topological polar surface area (TPSA) is 51.7 Å². The number of aromatic nitrogens is 1. The molecule has 0 radical (unpaired) electrons. The quantitative estimate of drug-likeness (QED) is 0.852. The molecule has 0 bridgehead atoms. The van der Waals surface area contributed by atoms with Crippen LogP contribution in [-0.4, -0.2) is 42.1 Å². The van der Waals surface area contributed by atoms with Crippen molar-refractivity contribution in [2.75, 3.05) is 20.2 Å². The monoisotopic (exact) mass is 346 g/mol. The predicted octanol–water partition coefficient (Wildman–Crippen LogP) is 3.35. The molecule has 1 atom stereocenters. The zero-order valence-corrected chi connectivity index (χ0v) is 14.4. The first kappa shape index (κ1) is 16.6. The first-order valence-corrected chi connectivity index (χ1v) is 8.18. The van der Waals surface area contributed by atoms with Crippen molar-refractivity contribution in [3.63, 3.8) is 0 Å². The third-order valence-electron chi connectivity index (χ3n) is 3.97. The van der Waals surface area contributed by atoms with Gasteiger partial charge in [-0.2, -0.15) is 0 Å². The highest BCUT2D eigenvalue weighted by Gasteiger charge is 2.30. The van der Waals surface area contributed by atoms with Crippen molar-refractivity contribution in [1.82, 2.24) is 9.88 Å². The number of halogens is 1. The highest BCUT2D eigenvalue weighted by Crippen LogP contribution is 2.26. The van der Waals surface area contributed by atoms with Crippen molar-refractivity contribution in [2.45, 2.75) is 19.4 Å². The second kappa shape index (κ2) is 7.09. The van der Waals surface area contributed by atoms with Crippen LogP contribution < -0.4 is 9.47 Å². The molecule has 126 valence electrons. The van der Waals surface area contributed by atoms with Crippen LogP contribution in [0, 0.1) is 6.92 Å². The van der Waals surface area contributed by atoms with E-state index in [-0.39, 0.29) is 12.0 Å². The lowest BCUT2D eigenvalue weighted by Gasteiger charge is -2.18. The van der Waals surface area contributed by atoms with E-state index in [9.17, 15) is 4.79 Å². The van der Waals surface area contributed by atoms with E-state index in [1.807, 2.05) is 25.1 Å². The molecule has 2 heterocycles. The highest BCUT2D eigenvalue weighted by atomic mass is 35.5. The van der Waals surface area contributed by atoms with Gasteiger partial charge in [-0.05, 0) is 31.2 Å². The summed E-state index contributed by atoms with van der Waals surface area (Å²) >= 11 is 6.02. The van der Waals surface area contributed by atoms with Crippen LogP contribution in [0.15, 0.2) is 36.4 Å². The average molecular weight is 347 g/mol. The van der Waals surface area contributed by atoms with Crippen molar-refractivity contribution in [3.05, 3.63) is 52.7 Å². The Morgan fingerprint density at radius 2 is 2.17 bits per heavy atom. The molecule has 1 amide bonds. The maximum Gasteiger partial charge on any atom is 0.257 e. The Hall–Kier alpha value is -2.27. The number of rotatable bonds is 4. The van der Waals surface area contributed by atoms with E-state index in [4.69, 9.17) is 21.1 Å². The number of pyridine rings is 1. The normalized spacial score (nSPS) is 17.0. The number of hydrogen-bond donors (Lipinski definition) is 0. The summed E-state index contributed by atoms with van der Waals surface area (Å²) in [4.78, 5) is 18.8. The fourth-order valence-corrected chi connectivity index (χ4v) is 2.95. The smallest absolute Gasteiger partial charge is 0.257 e. The Labute approximate surface area is 146 Å². The van der Waals surface area contributed by atoms with E-state index < -0.39 is 0 Å². The van der Waals surface area contributed by atoms with Gasteiger partial charge in [0.2, 0.25) is 5.88 Å². The number of methoxy groups -OCH3 is 1. The maximum absolute atomic E-state index is 12.7. The fourth-order valence-electron chi connectivity index (χ4n) is 2.78. The number of hydrogen-bond acceptors (Lipinski definition) is 4. The molecule has 0 N–H and O–H groups in total. The van der Waals surface area contributed by atoms with Gasteiger partial charge in [0, 0.05) is 29.7 Å². The zero-order valence-electron chi connectivity index (χ0n) is 13.7. The molecule has 1 unspecified atom stereocenters. The van der Waals surface area contributed by atoms with Crippen molar-refractivity contribution in [2.24, 2.45) is 0 Å². The van der Waals surface area contributed by atoms with Gasteiger partial charge in [0.15, 0.2) is 0 Å². The lowest BCUT2D eigenvalue weighted by Crippen LogP contribution is -2.31. The molecule has 1 aromatic carbocycles. The van der Waals surface area contributed by atoms with E-state index in [2.05, 4.69) is 4.98 Å².